The summed E-state index contributed by atoms with van der Waals surface area (Å²) >= 11 is 1.76. The third kappa shape index (κ3) is 2.20. The predicted octanol–water partition coefficient (Wildman–Crippen LogP) is 1.59. The zero-order chi connectivity index (χ0) is 10.0. The fourth-order valence-corrected chi connectivity index (χ4v) is 1.15. The molecule has 0 aliphatic rings. The molecule has 0 saturated carbocycles. The molecule has 1 aromatic heterocycles. The first-order valence-corrected chi connectivity index (χ1v) is 5.12. The minimum absolute atomic E-state index is 0.163. The van der Waals surface area contributed by atoms with E-state index in [2.05, 4.69) is 9.97 Å². The minimum Gasteiger partial charge on any atom is -0.492 e. The van der Waals surface area contributed by atoms with Gasteiger partial charge in [0.2, 0.25) is 5.88 Å². The van der Waals surface area contributed by atoms with Gasteiger partial charge in [0.05, 0.1) is 0 Å². The van der Waals surface area contributed by atoms with Gasteiger partial charge in [-0.1, -0.05) is 13.8 Å². The maximum absolute atomic E-state index is 11.2. The molecule has 4 nitrogen and oxygen atoms in total. The molecule has 0 amide bonds. The number of rotatable bonds is 2. The zero-order valence-corrected chi connectivity index (χ0v) is 9.62. The molecule has 0 aliphatic heterocycles. The fraction of sp³-hybridized carbons (Fsp3) is 0.500. The molecule has 1 atom stereocenters. The van der Waals surface area contributed by atoms with E-state index in [1.165, 1.54) is 0 Å². The maximum atomic E-state index is 11.2. The van der Waals surface area contributed by atoms with Crippen LogP contribution in [-0.2, 0) is 0 Å². The van der Waals surface area contributed by atoms with Gasteiger partial charge < -0.3 is 10.1 Å². The average Bonchev–Trinajstić information content (AvgIpc) is 2.12. The van der Waals surface area contributed by atoms with E-state index >= 15 is 0 Å². The molecule has 13 heavy (non-hydrogen) atoms. The second kappa shape index (κ2) is 4.08. The number of hydrogen-bond acceptors (Lipinski definition) is 3. The van der Waals surface area contributed by atoms with Crippen molar-refractivity contribution >= 4 is 22.6 Å². The highest BCUT2D eigenvalue weighted by atomic mass is 127. The molecular formula is C8H11IN2O2. The van der Waals surface area contributed by atoms with Gasteiger partial charge in [0.1, 0.15) is 9.39 Å². The highest BCUT2D eigenvalue weighted by Crippen LogP contribution is 2.17. The van der Waals surface area contributed by atoms with Crippen LogP contribution in [0.3, 0.4) is 0 Å². The van der Waals surface area contributed by atoms with Crippen LogP contribution in [0.4, 0.5) is 0 Å². The van der Waals surface area contributed by atoms with Crippen LogP contribution in [0.2, 0.25) is 0 Å². The Morgan fingerprint density at radius 2 is 2.31 bits per heavy atom. The second-order valence-corrected chi connectivity index (χ2v) is 3.98. The van der Waals surface area contributed by atoms with Gasteiger partial charge >= 0.3 is 0 Å². The molecule has 1 aromatic rings. The summed E-state index contributed by atoms with van der Waals surface area (Å²) in [6.45, 7) is 3.95. The lowest BCUT2D eigenvalue weighted by molar-refractivity contribution is 0.439. The standard InChI is InChI=1S/C8H11IN2O2/c1-3-4(2)6-10-7(12)5(9)8(13)11-6/h4H,3H2,1-2H3,(H2,10,11,12,13). The van der Waals surface area contributed by atoms with E-state index < -0.39 is 0 Å². The van der Waals surface area contributed by atoms with Crippen molar-refractivity contribution in [3.8, 4) is 5.88 Å². The lowest BCUT2D eigenvalue weighted by atomic mass is 10.1. The van der Waals surface area contributed by atoms with E-state index in [1.807, 2.05) is 13.8 Å². The monoisotopic (exact) mass is 294 g/mol. The van der Waals surface area contributed by atoms with Crippen molar-refractivity contribution in [3.05, 3.63) is 19.7 Å². The first-order chi connectivity index (χ1) is 6.06. The second-order valence-electron chi connectivity index (χ2n) is 2.90. The summed E-state index contributed by atoms with van der Waals surface area (Å²) in [5.74, 6) is 0.528. The number of aromatic nitrogens is 2. The van der Waals surface area contributed by atoms with Crippen LogP contribution in [0.25, 0.3) is 0 Å². The predicted molar refractivity (Wildman–Crippen MR) is 57.9 cm³/mol. The minimum atomic E-state index is -0.275. The number of H-pyrrole nitrogens is 1. The molecule has 72 valence electrons. The molecule has 5 heteroatoms. The Bertz CT molecular complexity index is 362. The molecule has 0 spiro atoms. The summed E-state index contributed by atoms with van der Waals surface area (Å²) in [5.41, 5.74) is -0.275. The van der Waals surface area contributed by atoms with E-state index in [9.17, 15) is 9.90 Å². The number of aromatic hydroxyl groups is 1. The Morgan fingerprint density at radius 1 is 1.69 bits per heavy atom. The molecule has 0 fully saturated rings. The van der Waals surface area contributed by atoms with Crippen LogP contribution >= 0.6 is 22.6 Å². The SMILES string of the molecule is CCC(C)c1nc(O)c(I)c(=O)[nH]1. The largest absolute Gasteiger partial charge is 0.492 e. The molecule has 0 saturated heterocycles. The third-order valence-corrected chi connectivity index (χ3v) is 2.92. The van der Waals surface area contributed by atoms with Gasteiger partial charge in [-0.2, -0.15) is 4.98 Å². The summed E-state index contributed by atoms with van der Waals surface area (Å²) in [5, 5.41) is 9.29. The number of nitrogens with zero attached hydrogens (tertiary/aromatic N) is 1. The van der Waals surface area contributed by atoms with Crippen LogP contribution in [0, 0.1) is 3.57 Å². The van der Waals surface area contributed by atoms with Gasteiger partial charge in [-0.25, -0.2) is 0 Å². The van der Waals surface area contributed by atoms with Crippen LogP contribution < -0.4 is 5.56 Å². The van der Waals surface area contributed by atoms with E-state index in [0.717, 1.165) is 6.42 Å². The number of aromatic amines is 1. The molecular weight excluding hydrogens is 283 g/mol. The summed E-state index contributed by atoms with van der Waals surface area (Å²) < 4.78 is 0.240. The van der Waals surface area contributed by atoms with E-state index in [4.69, 9.17) is 0 Å². The Labute approximate surface area is 89.5 Å². The molecule has 1 unspecified atom stereocenters. The summed E-state index contributed by atoms with van der Waals surface area (Å²) in [4.78, 5) is 17.7. The molecule has 0 radical (unpaired) electrons. The summed E-state index contributed by atoms with van der Waals surface area (Å²) in [7, 11) is 0. The van der Waals surface area contributed by atoms with Gasteiger partial charge in [0.15, 0.2) is 0 Å². The lowest BCUT2D eigenvalue weighted by Crippen LogP contribution is -2.15. The normalized spacial score (nSPS) is 12.8. The molecule has 1 rings (SSSR count). The maximum Gasteiger partial charge on any atom is 0.268 e. The molecule has 1 heterocycles. The van der Waals surface area contributed by atoms with Crippen LogP contribution in [0.5, 0.6) is 5.88 Å². The molecule has 2 N–H and O–H groups in total. The Hall–Kier alpha value is -0.590. The van der Waals surface area contributed by atoms with Crippen LogP contribution in [0.15, 0.2) is 4.79 Å². The van der Waals surface area contributed by atoms with Crippen LogP contribution in [0.1, 0.15) is 32.0 Å². The van der Waals surface area contributed by atoms with Crippen molar-refractivity contribution in [2.75, 3.05) is 0 Å². The number of halogens is 1. The first-order valence-electron chi connectivity index (χ1n) is 4.05. The number of nitrogens with one attached hydrogen (secondary N) is 1. The molecule has 0 aromatic carbocycles. The van der Waals surface area contributed by atoms with Crippen molar-refractivity contribution in [2.45, 2.75) is 26.2 Å². The lowest BCUT2D eigenvalue weighted by Gasteiger charge is -2.07. The van der Waals surface area contributed by atoms with E-state index in [0.29, 0.717) is 5.82 Å². The van der Waals surface area contributed by atoms with Crippen molar-refractivity contribution in [2.24, 2.45) is 0 Å². The van der Waals surface area contributed by atoms with Gasteiger partial charge in [-0.3, -0.25) is 4.79 Å². The van der Waals surface area contributed by atoms with E-state index in [-0.39, 0.29) is 20.9 Å². The topological polar surface area (TPSA) is 66.0 Å². The molecule has 0 aliphatic carbocycles. The Balaban J connectivity index is 3.21. The summed E-state index contributed by atoms with van der Waals surface area (Å²) in [6, 6.07) is 0. The highest BCUT2D eigenvalue weighted by molar-refractivity contribution is 14.1. The highest BCUT2D eigenvalue weighted by Gasteiger charge is 2.11. The third-order valence-electron chi connectivity index (χ3n) is 1.94. The van der Waals surface area contributed by atoms with Gasteiger partial charge in [-0.15, -0.1) is 0 Å². The van der Waals surface area contributed by atoms with Gasteiger partial charge in [0.25, 0.3) is 5.56 Å². The Kier molecular flexibility index (Phi) is 3.29. The fourth-order valence-electron chi connectivity index (χ4n) is 0.891. The van der Waals surface area contributed by atoms with Crippen molar-refractivity contribution in [1.82, 2.24) is 9.97 Å². The molecule has 0 bridgehead atoms. The van der Waals surface area contributed by atoms with E-state index in [1.54, 1.807) is 22.6 Å². The average molecular weight is 294 g/mol. The first kappa shape index (κ1) is 10.5. The number of hydrogen-bond donors (Lipinski definition) is 2. The van der Waals surface area contributed by atoms with Gasteiger partial charge in [0, 0.05) is 5.92 Å². The van der Waals surface area contributed by atoms with Crippen molar-refractivity contribution in [1.29, 1.82) is 0 Å². The van der Waals surface area contributed by atoms with Crippen LogP contribution in [-0.4, -0.2) is 15.1 Å². The smallest absolute Gasteiger partial charge is 0.268 e. The quantitative estimate of drug-likeness (QED) is 0.814. The van der Waals surface area contributed by atoms with Crippen molar-refractivity contribution in [3.63, 3.8) is 0 Å². The zero-order valence-electron chi connectivity index (χ0n) is 7.47. The summed E-state index contributed by atoms with van der Waals surface area (Å²) in [6.07, 6.45) is 0.878. The Morgan fingerprint density at radius 3 is 2.77 bits per heavy atom. The van der Waals surface area contributed by atoms with Gasteiger partial charge in [-0.05, 0) is 29.0 Å². The van der Waals surface area contributed by atoms with Crippen molar-refractivity contribution < 1.29 is 5.11 Å².